The summed E-state index contributed by atoms with van der Waals surface area (Å²) in [5, 5.41) is 9.42. The first kappa shape index (κ1) is 17.7. The number of para-hydroxylation sites is 1. The van der Waals surface area contributed by atoms with Crippen molar-refractivity contribution in [1.29, 1.82) is 0 Å². The molecule has 4 rings (SSSR count). The zero-order valence-corrected chi connectivity index (χ0v) is 15.8. The van der Waals surface area contributed by atoms with Gasteiger partial charge in [0.1, 0.15) is 5.01 Å². The molecule has 0 unspecified atom stereocenters. The number of hydrogen-bond donors (Lipinski definition) is 2. The molecule has 2 N–H and O–H groups in total. The summed E-state index contributed by atoms with van der Waals surface area (Å²) in [6.07, 6.45) is 0. The molecule has 5 nitrogen and oxygen atoms in total. The topological polar surface area (TPSA) is 57.3 Å². The van der Waals surface area contributed by atoms with E-state index in [2.05, 4.69) is 45.2 Å². The molecule has 2 heterocycles. The Labute approximate surface area is 163 Å². The van der Waals surface area contributed by atoms with Gasteiger partial charge in [0.15, 0.2) is 0 Å². The minimum absolute atomic E-state index is 0.0696. The van der Waals surface area contributed by atoms with Gasteiger partial charge >= 0.3 is 0 Å². The number of anilines is 1. The Morgan fingerprint density at radius 2 is 1.96 bits per heavy atom. The minimum atomic E-state index is -0.0696. The van der Waals surface area contributed by atoms with Gasteiger partial charge in [-0.2, -0.15) is 0 Å². The highest BCUT2D eigenvalue weighted by atomic mass is 32.1. The van der Waals surface area contributed by atoms with Crippen LogP contribution in [0.15, 0.2) is 60.0 Å². The Kier molecular flexibility index (Phi) is 5.46. The van der Waals surface area contributed by atoms with Crippen LogP contribution in [0.25, 0.3) is 0 Å². The smallest absolute Gasteiger partial charge is 0.251 e. The quantitative estimate of drug-likeness (QED) is 0.716. The number of benzene rings is 2. The van der Waals surface area contributed by atoms with E-state index in [0.29, 0.717) is 12.1 Å². The van der Waals surface area contributed by atoms with Crippen LogP contribution in [0.1, 0.15) is 26.6 Å². The summed E-state index contributed by atoms with van der Waals surface area (Å²) < 4.78 is 0. The van der Waals surface area contributed by atoms with Gasteiger partial charge < -0.3 is 15.5 Å². The highest BCUT2D eigenvalue weighted by Gasteiger charge is 2.16. The molecule has 0 bridgehead atoms. The molecule has 1 aromatic heterocycles. The number of carbonyl (C=O) groups excluding carboxylic acids is 1. The van der Waals surface area contributed by atoms with E-state index in [4.69, 9.17) is 4.98 Å². The maximum atomic E-state index is 12.2. The number of nitrogens with zero attached hydrogens (tertiary/aromatic N) is 2. The second kappa shape index (κ2) is 8.33. The molecular formula is C21H22N4OS. The van der Waals surface area contributed by atoms with Crippen LogP contribution in [0.4, 0.5) is 5.69 Å². The monoisotopic (exact) mass is 378 g/mol. The molecule has 3 aromatic rings. The zero-order chi connectivity index (χ0) is 18.5. The highest BCUT2D eigenvalue weighted by Crippen LogP contribution is 2.24. The predicted molar refractivity (Wildman–Crippen MR) is 109 cm³/mol. The SMILES string of the molecule is O=C(NCc1nc(CN2CCNCc3ccccc32)cs1)c1ccccc1. The Bertz CT molecular complexity index is 909. The maximum absolute atomic E-state index is 12.2. The van der Waals surface area contributed by atoms with Crippen molar-refractivity contribution in [2.45, 2.75) is 19.6 Å². The number of hydrogen-bond acceptors (Lipinski definition) is 5. The van der Waals surface area contributed by atoms with Crippen LogP contribution in [0.2, 0.25) is 0 Å². The molecule has 1 amide bonds. The average Bonchev–Trinajstić information content (AvgIpc) is 3.07. The second-order valence-corrected chi connectivity index (χ2v) is 7.45. The Morgan fingerprint density at radius 1 is 1.15 bits per heavy atom. The van der Waals surface area contributed by atoms with Gasteiger partial charge in [0.2, 0.25) is 0 Å². The number of carbonyl (C=O) groups is 1. The summed E-state index contributed by atoms with van der Waals surface area (Å²) in [5.41, 5.74) is 4.30. The van der Waals surface area contributed by atoms with E-state index in [-0.39, 0.29) is 5.91 Å². The van der Waals surface area contributed by atoms with Crippen molar-refractivity contribution in [1.82, 2.24) is 15.6 Å². The minimum Gasteiger partial charge on any atom is -0.364 e. The van der Waals surface area contributed by atoms with Gasteiger partial charge in [-0.15, -0.1) is 11.3 Å². The van der Waals surface area contributed by atoms with Gasteiger partial charge in [-0.3, -0.25) is 4.79 Å². The first-order valence-corrected chi connectivity index (χ1v) is 9.97. The summed E-state index contributed by atoms with van der Waals surface area (Å²) in [4.78, 5) is 19.3. The molecule has 0 aliphatic carbocycles. The van der Waals surface area contributed by atoms with Crippen LogP contribution in [-0.4, -0.2) is 24.0 Å². The Morgan fingerprint density at radius 3 is 2.85 bits per heavy atom. The summed E-state index contributed by atoms with van der Waals surface area (Å²) in [7, 11) is 0. The fraction of sp³-hybridized carbons (Fsp3) is 0.238. The number of aromatic nitrogens is 1. The molecule has 0 spiro atoms. The van der Waals surface area contributed by atoms with Crippen LogP contribution >= 0.6 is 11.3 Å². The summed E-state index contributed by atoms with van der Waals surface area (Å²) in [5.74, 6) is -0.0696. The third-order valence-corrected chi connectivity index (χ3v) is 5.49. The van der Waals surface area contributed by atoms with E-state index in [1.807, 2.05) is 30.3 Å². The molecule has 27 heavy (non-hydrogen) atoms. The highest BCUT2D eigenvalue weighted by molar-refractivity contribution is 7.09. The molecule has 1 aliphatic rings. The van der Waals surface area contributed by atoms with E-state index in [1.165, 1.54) is 11.3 Å². The van der Waals surface area contributed by atoms with Crippen molar-refractivity contribution < 1.29 is 4.79 Å². The van der Waals surface area contributed by atoms with E-state index in [9.17, 15) is 4.79 Å². The molecular weight excluding hydrogens is 356 g/mol. The number of fused-ring (bicyclic) bond motifs is 1. The van der Waals surface area contributed by atoms with Crippen molar-refractivity contribution in [3.63, 3.8) is 0 Å². The predicted octanol–water partition coefficient (Wildman–Crippen LogP) is 3.18. The number of amides is 1. The van der Waals surface area contributed by atoms with Gasteiger partial charge in [-0.05, 0) is 23.8 Å². The van der Waals surface area contributed by atoms with E-state index in [0.717, 1.165) is 36.9 Å². The third-order valence-electron chi connectivity index (χ3n) is 4.59. The first-order chi connectivity index (χ1) is 13.3. The lowest BCUT2D eigenvalue weighted by Crippen LogP contribution is -2.28. The Balaban J connectivity index is 1.39. The lowest BCUT2D eigenvalue weighted by Gasteiger charge is -2.23. The average molecular weight is 379 g/mol. The Hall–Kier alpha value is -2.70. The van der Waals surface area contributed by atoms with Crippen LogP contribution in [0, 0.1) is 0 Å². The van der Waals surface area contributed by atoms with Crippen molar-refractivity contribution in [3.05, 3.63) is 81.8 Å². The third kappa shape index (κ3) is 4.35. The standard InChI is InChI=1S/C21H22N4OS/c26-21(16-6-2-1-3-7-16)23-13-20-24-18(15-27-20)14-25-11-10-22-12-17-8-4-5-9-19(17)25/h1-9,15,22H,10-14H2,(H,23,26). The maximum Gasteiger partial charge on any atom is 0.251 e. The summed E-state index contributed by atoms with van der Waals surface area (Å²) in [6, 6.07) is 17.8. The molecule has 0 saturated carbocycles. The summed E-state index contributed by atoms with van der Waals surface area (Å²) >= 11 is 1.59. The number of rotatable bonds is 5. The van der Waals surface area contributed by atoms with E-state index >= 15 is 0 Å². The van der Waals surface area contributed by atoms with Crippen LogP contribution in [0.5, 0.6) is 0 Å². The van der Waals surface area contributed by atoms with Crippen molar-refractivity contribution in [2.75, 3.05) is 18.0 Å². The number of thiazole rings is 1. The lowest BCUT2D eigenvalue weighted by atomic mass is 10.1. The van der Waals surface area contributed by atoms with Crippen LogP contribution < -0.4 is 15.5 Å². The van der Waals surface area contributed by atoms with Gasteiger partial charge in [0.25, 0.3) is 5.91 Å². The van der Waals surface area contributed by atoms with Crippen molar-refractivity contribution in [2.24, 2.45) is 0 Å². The van der Waals surface area contributed by atoms with Crippen LogP contribution in [-0.2, 0) is 19.6 Å². The molecule has 2 aromatic carbocycles. The van der Waals surface area contributed by atoms with E-state index in [1.54, 1.807) is 11.3 Å². The molecule has 0 saturated heterocycles. The van der Waals surface area contributed by atoms with Crippen molar-refractivity contribution in [3.8, 4) is 0 Å². The second-order valence-electron chi connectivity index (χ2n) is 6.51. The lowest BCUT2D eigenvalue weighted by molar-refractivity contribution is 0.0951. The van der Waals surface area contributed by atoms with Crippen molar-refractivity contribution >= 4 is 22.9 Å². The van der Waals surface area contributed by atoms with Gasteiger partial charge in [0.05, 0.1) is 18.8 Å². The molecule has 138 valence electrons. The van der Waals surface area contributed by atoms with Gasteiger partial charge in [-0.1, -0.05) is 36.4 Å². The largest absolute Gasteiger partial charge is 0.364 e. The molecule has 0 atom stereocenters. The number of nitrogens with one attached hydrogen (secondary N) is 2. The van der Waals surface area contributed by atoms with Gasteiger partial charge in [-0.25, -0.2) is 4.98 Å². The molecule has 0 radical (unpaired) electrons. The summed E-state index contributed by atoms with van der Waals surface area (Å²) in [6.45, 7) is 4.05. The molecule has 6 heteroatoms. The zero-order valence-electron chi connectivity index (χ0n) is 15.0. The van der Waals surface area contributed by atoms with E-state index < -0.39 is 0 Å². The molecule has 0 fully saturated rings. The fourth-order valence-electron chi connectivity index (χ4n) is 3.24. The molecule has 1 aliphatic heterocycles. The first-order valence-electron chi connectivity index (χ1n) is 9.10. The van der Waals surface area contributed by atoms with Crippen LogP contribution in [0.3, 0.4) is 0 Å². The normalized spacial score (nSPS) is 13.7. The fourth-order valence-corrected chi connectivity index (χ4v) is 3.96. The van der Waals surface area contributed by atoms with Gasteiger partial charge in [0, 0.05) is 36.3 Å².